The van der Waals surface area contributed by atoms with Crippen LogP contribution in [0.15, 0.2) is 47.4 Å². The summed E-state index contributed by atoms with van der Waals surface area (Å²) in [5.74, 6) is 0.441. The van der Waals surface area contributed by atoms with E-state index in [4.69, 9.17) is 28.9 Å². The highest BCUT2D eigenvalue weighted by atomic mass is 35.5. The summed E-state index contributed by atoms with van der Waals surface area (Å²) in [5.41, 5.74) is 6.82. The third-order valence-corrected chi connectivity index (χ3v) is 4.59. The van der Waals surface area contributed by atoms with Crippen molar-refractivity contribution in [1.82, 2.24) is 0 Å². The van der Waals surface area contributed by atoms with Crippen molar-refractivity contribution in [2.24, 2.45) is 5.73 Å². The standard InChI is InChI=1S/C15H14Cl2FNS/c16-11-1-4-14(5-2-11)20-9-13(19)8-10-7-12(18)3-6-15(10)17/h1-7,13H,8-9,19H2. The number of benzene rings is 2. The Morgan fingerprint density at radius 3 is 2.50 bits per heavy atom. The van der Waals surface area contributed by atoms with Crippen LogP contribution in [0.25, 0.3) is 0 Å². The Labute approximate surface area is 132 Å². The van der Waals surface area contributed by atoms with Crippen LogP contribution in [0, 0.1) is 5.82 Å². The summed E-state index contributed by atoms with van der Waals surface area (Å²) >= 11 is 13.5. The van der Waals surface area contributed by atoms with Crippen molar-refractivity contribution in [3.8, 4) is 0 Å². The van der Waals surface area contributed by atoms with E-state index in [0.717, 1.165) is 16.2 Å². The van der Waals surface area contributed by atoms with Gasteiger partial charge in [-0.3, -0.25) is 0 Å². The van der Waals surface area contributed by atoms with Gasteiger partial charge >= 0.3 is 0 Å². The first-order chi connectivity index (χ1) is 9.54. The molecule has 0 aliphatic rings. The zero-order valence-corrected chi connectivity index (χ0v) is 13.0. The second-order valence-corrected chi connectivity index (χ2v) is 6.40. The van der Waals surface area contributed by atoms with E-state index in [1.165, 1.54) is 12.1 Å². The number of hydrogen-bond donors (Lipinski definition) is 1. The zero-order chi connectivity index (χ0) is 14.5. The van der Waals surface area contributed by atoms with Crippen LogP contribution in [0.3, 0.4) is 0 Å². The summed E-state index contributed by atoms with van der Waals surface area (Å²) < 4.78 is 13.2. The topological polar surface area (TPSA) is 26.0 Å². The molecule has 0 aliphatic carbocycles. The Hall–Kier alpha value is -0.740. The molecule has 2 aromatic rings. The second-order valence-electron chi connectivity index (χ2n) is 4.46. The van der Waals surface area contributed by atoms with Gasteiger partial charge in [-0.05, 0) is 54.4 Å². The van der Waals surface area contributed by atoms with Crippen LogP contribution < -0.4 is 5.73 Å². The molecular weight excluding hydrogens is 316 g/mol. The molecular formula is C15H14Cl2FNS. The van der Waals surface area contributed by atoms with Gasteiger partial charge in [-0.15, -0.1) is 11.8 Å². The summed E-state index contributed by atoms with van der Waals surface area (Å²) in [6.07, 6.45) is 0.553. The first kappa shape index (κ1) is 15.6. The maximum atomic E-state index is 13.2. The average molecular weight is 330 g/mol. The summed E-state index contributed by atoms with van der Waals surface area (Å²) in [6, 6.07) is 11.9. The van der Waals surface area contributed by atoms with E-state index in [1.807, 2.05) is 24.3 Å². The van der Waals surface area contributed by atoms with Gasteiger partial charge in [0.2, 0.25) is 0 Å². The highest BCUT2D eigenvalue weighted by Crippen LogP contribution is 2.23. The molecule has 0 amide bonds. The fourth-order valence-corrected chi connectivity index (χ4v) is 2.95. The molecule has 1 unspecified atom stereocenters. The molecule has 0 aliphatic heterocycles. The number of halogens is 3. The fourth-order valence-electron chi connectivity index (χ4n) is 1.78. The first-order valence-corrected chi connectivity index (χ1v) is 7.86. The molecule has 1 nitrogen and oxygen atoms in total. The van der Waals surface area contributed by atoms with E-state index in [0.29, 0.717) is 16.5 Å². The Kier molecular flexibility index (Phi) is 5.73. The Morgan fingerprint density at radius 1 is 1.10 bits per heavy atom. The SMILES string of the molecule is NC(CSc1ccc(Cl)cc1)Cc1cc(F)ccc1Cl. The third-order valence-electron chi connectivity index (χ3n) is 2.77. The van der Waals surface area contributed by atoms with Crippen LogP contribution in [0.4, 0.5) is 4.39 Å². The van der Waals surface area contributed by atoms with Gasteiger partial charge in [0, 0.05) is 26.7 Å². The minimum atomic E-state index is -0.290. The molecule has 0 saturated heterocycles. The van der Waals surface area contributed by atoms with Gasteiger partial charge in [-0.25, -0.2) is 4.39 Å². The molecule has 106 valence electrons. The van der Waals surface area contributed by atoms with E-state index in [-0.39, 0.29) is 11.9 Å². The molecule has 2 aromatic carbocycles. The van der Waals surface area contributed by atoms with Crippen LogP contribution in [0.1, 0.15) is 5.56 Å². The molecule has 0 aromatic heterocycles. The molecule has 0 fully saturated rings. The Balaban J connectivity index is 1.90. The van der Waals surface area contributed by atoms with Crippen LogP contribution >= 0.6 is 35.0 Å². The van der Waals surface area contributed by atoms with Crippen molar-refractivity contribution < 1.29 is 4.39 Å². The van der Waals surface area contributed by atoms with Crippen LogP contribution in [-0.2, 0) is 6.42 Å². The van der Waals surface area contributed by atoms with E-state index in [9.17, 15) is 4.39 Å². The van der Waals surface area contributed by atoms with Crippen molar-refractivity contribution in [2.75, 3.05) is 5.75 Å². The van der Waals surface area contributed by atoms with Crippen LogP contribution in [0.2, 0.25) is 10.0 Å². The largest absolute Gasteiger partial charge is 0.327 e. The summed E-state index contributed by atoms with van der Waals surface area (Å²) in [7, 11) is 0. The molecule has 0 bridgehead atoms. The Morgan fingerprint density at radius 2 is 1.80 bits per heavy atom. The highest BCUT2D eigenvalue weighted by molar-refractivity contribution is 7.99. The highest BCUT2D eigenvalue weighted by Gasteiger charge is 2.09. The van der Waals surface area contributed by atoms with Gasteiger partial charge in [0.25, 0.3) is 0 Å². The monoisotopic (exact) mass is 329 g/mol. The van der Waals surface area contributed by atoms with Gasteiger partial charge in [-0.2, -0.15) is 0 Å². The van der Waals surface area contributed by atoms with Gasteiger partial charge in [0.15, 0.2) is 0 Å². The van der Waals surface area contributed by atoms with E-state index in [1.54, 1.807) is 17.8 Å². The number of rotatable bonds is 5. The lowest BCUT2D eigenvalue weighted by molar-refractivity contribution is 0.623. The third kappa shape index (κ3) is 4.67. The van der Waals surface area contributed by atoms with Crippen molar-refractivity contribution in [3.05, 3.63) is 63.9 Å². The lowest BCUT2D eigenvalue weighted by atomic mass is 10.1. The molecule has 0 spiro atoms. The average Bonchev–Trinajstić information content (AvgIpc) is 2.42. The van der Waals surface area contributed by atoms with Crippen LogP contribution in [-0.4, -0.2) is 11.8 Å². The van der Waals surface area contributed by atoms with Crippen molar-refractivity contribution >= 4 is 35.0 Å². The van der Waals surface area contributed by atoms with Gasteiger partial charge < -0.3 is 5.73 Å². The predicted octanol–water partition coefficient (Wildman–Crippen LogP) is 4.79. The molecule has 0 radical (unpaired) electrons. The Bertz CT molecular complexity index is 575. The summed E-state index contributed by atoms with van der Waals surface area (Å²) in [6.45, 7) is 0. The predicted molar refractivity (Wildman–Crippen MR) is 85.3 cm³/mol. The molecule has 0 heterocycles. The molecule has 2 N–H and O–H groups in total. The number of thioether (sulfide) groups is 1. The van der Waals surface area contributed by atoms with E-state index >= 15 is 0 Å². The van der Waals surface area contributed by atoms with Crippen molar-refractivity contribution in [1.29, 1.82) is 0 Å². The lowest BCUT2D eigenvalue weighted by Gasteiger charge is -2.12. The maximum absolute atomic E-state index is 13.2. The summed E-state index contributed by atoms with van der Waals surface area (Å²) in [4.78, 5) is 1.11. The molecule has 5 heteroatoms. The minimum absolute atomic E-state index is 0.0880. The molecule has 2 rings (SSSR count). The van der Waals surface area contributed by atoms with Gasteiger partial charge in [-0.1, -0.05) is 23.2 Å². The molecule has 0 saturated carbocycles. The number of nitrogens with two attached hydrogens (primary N) is 1. The second kappa shape index (κ2) is 7.32. The smallest absolute Gasteiger partial charge is 0.123 e. The van der Waals surface area contributed by atoms with Gasteiger partial charge in [0.1, 0.15) is 5.82 Å². The molecule has 20 heavy (non-hydrogen) atoms. The molecule has 1 atom stereocenters. The number of hydrogen-bond acceptors (Lipinski definition) is 2. The quantitative estimate of drug-likeness (QED) is 0.798. The van der Waals surface area contributed by atoms with Gasteiger partial charge in [0.05, 0.1) is 0 Å². The maximum Gasteiger partial charge on any atom is 0.123 e. The van der Waals surface area contributed by atoms with Crippen LogP contribution in [0.5, 0.6) is 0 Å². The van der Waals surface area contributed by atoms with Crippen molar-refractivity contribution in [2.45, 2.75) is 17.4 Å². The zero-order valence-electron chi connectivity index (χ0n) is 10.7. The first-order valence-electron chi connectivity index (χ1n) is 6.12. The fraction of sp³-hybridized carbons (Fsp3) is 0.200. The minimum Gasteiger partial charge on any atom is -0.327 e. The lowest BCUT2D eigenvalue weighted by Crippen LogP contribution is -2.25. The van der Waals surface area contributed by atoms with Crippen molar-refractivity contribution in [3.63, 3.8) is 0 Å². The van der Waals surface area contributed by atoms with E-state index in [2.05, 4.69) is 0 Å². The normalized spacial score (nSPS) is 12.4. The summed E-state index contributed by atoms with van der Waals surface area (Å²) in [5, 5.41) is 1.27. The van der Waals surface area contributed by atoms with E-state index < -0.39 is 0 Å².